The second-order valence-electron chi connectivity index (χ2n) is 6.45. The van der Waals surface area contributed by atoms with E-state index in [9.17, 15) is 18.4 Å². The van der Waals surface area contributed by atoms with Gasteiger partial charge in [-0.15, -0.1) is 0 Å². The Morgan fingerprint density at radius 1 is 0.935 bits per heavy atom. The number of para-hydroxylation sites is 1. The molecule has 0 saturated carbocycles. The molecule has 0 atom stereocenters. The van der Waals surface area contributed by atoms with Crippen LogP contribution in [0.4, 0.5) is 25.8 Å². The molecule has 158 valence electrons. The van der Waals surface area contributed by atoms with Crippen LogP contribution in [-0.4, -0.2) is 18.0 Å². The maximum absolute atomic E-state index is 13.9. The van der Waals surface area contributed by atoms with Gasteiger partial charge < -0.3 is 10.6 Å². The Bertz CT molecular complexity index is 1170. The fraction of sp³-hybridized carbons (Fsp3) is 0.0455. The summed E-state index contributed by atoms with van der Waals surface area (Å²) in [4.78, 5) is 24.0. The quantitative estimate of drug-likeness (QED) is 0.303. The second kappa shape index (κ2) is 9.82. The highest BCUT2D eigenvalue weighted by molar-refractivity contribution is 6.39. The third-order valence-electron chi connectivity index (χ3n) is 4.18. The first-order valence-corrected chi connectivity index (χ1v) is 9.43. The Kier molecular flexibility index (Phi) is 6.94. The topological polar surface area (TPSA) is 82.6 Å². The Morgan fingerprint density at radius 2 is 1.71 bits per heavy atom. The minimum absolute atomic E-state index is 0.176. The van der Waals surface area contributed by atoms with Gasteiger partial charge in [0.05, 0.1) is 11.9 Å². The number of hydrogen-bond acceptors (Lipinski definition) is 4. The van der Waals surface area contributed by atoms with E-state index in [1.54, 1.807) is 43.3 Å². The van der Waals surface area contributed by atoms with Gasteiger partial charge in [0.1, 0.15) is 11.6 Å². The van der Waals surface area contributed by atoms with Crippen LogP contribution < -0.4 is 16.1 Å². The second-order valence-corrected chi connectivity index (χ2v) is 6.89. The first-order valence-electron chi connectivity index (χ1n) is 9.05. The van der Waals surface area contributed by atoms with Crippen molar-refractivity contribution in [3.05, 3.63) is 88.4 Å². The van der Waals surface area contributed by atoms with E-state index in [2.05, 4.69) is 21.2 Å². The summed E-state index contributed by atoms with van der Waals surface area (Å²) in [5.41, 5.74) is 4.02. The number of nitrogens with zero attached hydrogens (tertiary/aromatic N) is 1. The van der Waals surface area contributed by atoms with Crippen LogP contribution in [0.2, 0.25) is 5.02 Å². The standard InChI is InChI=1S/C22H17ClF2N4O2/c1-13-6-8-16(24)11-20(13)28-21(30)22(31)29-26-12-14-10-15(23)7-9-18(14)27-19-5-3-2-4-17(19)25/h2-12,27H,1H3,(H,28,30)(H,29,31)/b26-12-. The monoisotopic (exact) mass is 442 g/mol. The van der Waals surface area contributed by atoms with Crippen molar-refractivity contribution >= 4 is 46.7 Å². The Morgan fingerprint density at radius 3 is 2.48 bits per heavy atom. The fourth-order valence-corrected chi connectivity index (χ4v) is 2.76. The van der Waals surface area contributed by atoms with E-state index in [1.165, 1.54) is 24.4 Å². The summed E-state index contributed by atoms with van der Waals surface area (Å²) in [5, 5.41) is 9.39. The minimum Gasteiger partial charge on any atom is -0.353 e. The van der Waals surface area contributed by atoms with Crippen LogP contribution in [0.1, 0.15) is 11.1 Å². The van der Waals surface area contributed by atoms with Gasteiger partial charge >= 0.3 is 11.8 Å². The predicted octanol–water partition coefficient (Wildman–Crippen LogP) is 4.76. The number of aryl methyl sites for hydroxylation is 1. The molecule has 0 aliphatic rings. The van der Waals surface area contributed by atoms with Crippen molar-refractivity contribution in [1.29, 1.82) is 0 Å². The van der Waals surface area contributed by atoms with Crippen molar-refractivity contribution in [1.82, 2.24) is 5.43 Å². The summed E-state index contributed by atoms with van der Waals surface area (Å²) in [5.74, 6) is -3.06. The number of rotatable bonds is 5. The van der Waals surface area contributed by atoms with E-state index in [0.29, 0.717) is 21.8 Å². The number of hydrazone groups is 1. The largest absolute Gasteiger partial charge is 0.353 e. The average molecular weight is 443 g/mol. The van der Waals surface area contributed by atoms with Crippen molar-refractivity contribution < 1.29 is 18.4 Å². The number of hydrogen-bond donors (Lipinski definition) is 3. The molecule has 0 unspecified atom stereocenters. The molecule has 6 nitrogen and oxygen atoms in total. The van der Waals surface area contributed by atoms with Gasteiger partial charge in [0, 0.05) is 22.0 Å². The number of anilines is 3. The van der Waals surface area contributed by atoms with Crippen LogP contribution in [-0.2, 0) is 9.59 Å². The molecule has 9 heteroatoms. The van der Waals surface area contributed by atoms with Gasteiger partial charge in [-0.25, -0.2) is 14.2 Å². The molecule has 0 spiro atoms. The zero-order chi connectivity index (χ0) is 22.4. The zero-order valence-electron chi connectivity index (χ0n) is 16.2. The number of halogens is 3. The summed E-state index contributed by atoms with van der Waals surface area (Å²) in [7, 11) is 0. The molecule has 0 aromatic heterocycles. The van der Waals surface area contributed by atoms with Crippen LogP contribution in [0.15, 0.2) is 65.8 Å². The summed E-state index contributed by atoms with van der Waals surface area (Å²) in [6.07, 6.45) is 1.26. The molecule has 3 aromatic rings. The summed E-state index contributed by atoms with van der Waals surface area (Å²) >= 11 is 6.02. The molecule has 31 heavy (non-hydrogen) atoms. The minimum atomic E-state index is -1.05. The summed E-state index contributed by atoms with van der Waals surface area (Å²) < 4.78 is 27.2. The van der Waals surface area contributed by atoms with Gasteiger partial charge in [0.15, 0.2) is 0 Å². The lowest BCUT2D eigenvalue weighted by molar-refractivity contribution is -0.136. The maximum Gasteiger partial charge on any atom is 0.329 e. The van der Waals surface area contributed by atoms with Crippen molar-refractivity contribution in [2.24, 2.45) is 5.10 Å². The van der Waals surface area contributed by atoms with Crippen molar-refractivity contribution in [2.75, 3.05) is 10.6 Å². The number of carbonyl (C=O) groups excluding carboxylic acids is 2. The van der Waals surface area contributed by atoms with Gasteiger partial charge in [-0.05, 0) is 55.0 Å². The van der Waals surface area contributed by atoms with Crippen LogP contribution >= 0.6 is 11.6 Å². The van der Waals surface area contributed by atoms with Gasteiger partial charge in [-0.2, -0.15) is 5.10 Å². The van der Waals surface area contributed by atoms with Crippen LogP contribution in [0.3, 0.4) is 0 Å². The van der Waals surface area contributed by atoms with Gasteiger partial charge in [-0.3, -0.25) is 9.59 Å². The average Bonchev–Trinajstić information content (AvgIpc) is 2.74. The zero-order valence-corrected chi connectivity index (χ0v) is 17.0. The third-order valence-corrected chi connectivity index (χ3v) is 4.42. The molecular formula is C22H17ClF2N4O2. The molecule has 0 bridgehead atoms. The highest BCUT2D eigenvalue weighted by Gasteiger charge is 2.14. The van der Waals surface area contributed by atoms with E-state index in [4.69, 9.17) is 11.6 Å². The molecule has 3 rings (SSSR count). The molecule has 0 saturated heterocycles. The van der Waals surface area contributed by atoms with E-state index in [-0.39, 0.29) is 11.4 Å². The molecule has 0 fully saturated rings. The SMILES string of the molecule is Cc1ccc(F)cc1NC(=O)C(=O)N/N=C\c1cc(Cl)ccc1Nc1ccccc1F. The van der Waals surface area contributed by atoms with Crippen molar-refractivity contribution in [2.45, 2.75) is 6.92 Å². The molecule has 0 aliphatic carbocycles. The van der Waals surface area contributed by atoms with E-state index >= 15 is 0 Å². The predicted molar refractivity (Wildman–Crippen MR) is 117 cm³/mol. The molecule has 0 aliphatic heterocycles. The van der Waals surface area contributed by atoms with E-state index < -0.39 is 23.4 Å². The third kappa shape index (κ3) is 5.86. The first-order chi connectivity index (χ1) is 14.8. The highest BCUT2D eigenvalue weighted by Crippen LogP contribution is 2.24. The smallest absolute Gasteiger partial charge is 0.329 e. The molecule has 0 heterocycles. The number of amides is 2. The van der Waals surface area contributed by atoms with Crippen LogP contribution in [0, 0.1) is 18.6 Å². The molecule has 3 aromatic carbocycles. The summed E-state index contributed by atoms with van der Waals surface area (Å²) in [6.45, 7) is 1.66. The van der Waals surface area contributed by atoms with E-state index in [1.807, 2.05) is 0 Å². The van der Waals surface area contributed by atoms with Crippen molar-refractivity contribution in [3.8, 4) is 0 Å². The Hall–Kier alpha value is -3.78. The number of carbonyl (C=O) groups is 2. The molecule has 2 amide bonds. The number of benzene rings is 3. The van der Waals surface area contributed by atoms with E-state index in [0.717, 1.165) is 6.07 Å². The summed E-state index contributed by atoms with van der Waals surface area (Å²) in [6, 6.07) is 14.7. The van der Waals surface area contributed by atoms with Crippen LogP contribution in [0.25, 0.3) is 0 Å². The Labute approximate surface area is 181 Å². The lowest BCUT2D eigenvalue weighted by Gasteiger charge is -2.11. The molecule has 0 radical (unpaired) electrons. The lowest BCUT2D eigenvalue weighted by Crippen LogP contribution is -2.32. The van der Waals surface area contributed by atoms with Crippen LogP contribution in [0.5, 0.6) is 0 Å². The fourth-order valence-electron chi connectivity index (χ4n) is 2.58. The maximum atomic E-state index is 13.9. The van der Waals surface area contributed by atoms with Gasteiger partial charge in [0.2, 0.25) is 0 Å². The van der Waals surface area contributed by atoms with Crippen molar-refractivity contribution in [3.63, 3.8) is 0 Å². The Balaban J connectivity index is 1.69. The lowest BCUT2D eigenvalue weighted by atomic mass is 10.2. The normalized spacial score (nSPS) is 10.7. The molecule has 3 N–H and O–H groups in total. The number of nitrogens with one attached hydrogen (secondary N) is 3. The first kappa shape index (κ1) is 21.9. The van der Waals surface area contributed by atoms with Gasteiger partial charge in [-0.1, -0.05) is 29.8 Å². The van der Waals surface area contributed by atoms with Gasteiger partial charge in [0.25, 0.3) is 0 Å². The molecular weight excluding hydrogens is 426 g/mol. The highest BCUT2D eigenvalue weighted by atomic mass is 35.5.